The Morgan fingerprint density at radius 1 is 0.952 bits per heavy atom. The van der Waals surface area contributed by atoms with Gasteiger partial charge in [-0.3, -0.25) is 0 Å². The maximum Gasteiger partial charge on any atom is 0 e. The Balaban J connectivity index is -0.0000000235. The molecular formula is C8H18BiOP2S2U7. The number of unbranched alkanes of at least 4 members (excludes halogenated alkanes) is 1. The molecule has 0 spiro atoms. The summed E-state index contributed by atoms with van der Waals surface area (Å²) in [5.41, 5.74) is 0. The summed E-state index contributed by atoms with van der Waals surface area (Å²) in [7, 11) is 1.94. The molecule has 0 aromatic carbocycles. The molecule has 1 heterocycles. The van der Waals surface area contributed by atoms with Crippen LogP contribution in [0.25, 0.3) is 0 Å². The molecule has 21 heavy (non-hydrogen) atoms. The minimum atomic E-state index is -1.22. The van der Waals surface area contributed by atoms with Gasteiger partial charge in [0.25, 0.3) is 0 Å². The van der Waals surface area contributed by atoms with E-state index in [2.05, 4.69) is 19.2 Å². The van der Waals surface area contributed by atoms with Gasteiger partial charge in [-0.25, -0.2) is 4.21 Å². The van der Waals surface area contributed by atoms with E-state index in [1.807, 2.05) is 0 Å². The molecule has 0 aliphatic carbocycles. The number of hydrogen-bond acceptors (Lipinski definition) is 2. The van der Waals surface area contributed by atoms with Crippen LogP contribution in [0.1, 0.15) is 25.7 Å². The Kier molecular flexibility index (Phi) is 107. The van der Waals surface area contributed by atoms with Crippen molar-refractivity contribution in [1.82, 2.24) is 0 Å². The Morgan fingerprint density at radius 3 is 1.57 bits per heavy atom. The molecule has 1 nitrogen and oxygen atoms in total. The molecule has 1 saturated heterocycles. The number of hydrogen-bond donors (Lipinski definition) is 0. The van der Waals surface area contributed by atoms with Crippen LogP contribution in [0.15, 0.2) is 0 Å². The van der Waals surface area contributed by atoms with Crippen molar-refractivity contribution in [2.75, 3.05) is 18.5 Å². The first-order chi connectivity index (χ1) is 6.66. The summed E-state index contributed by atoms with van der Waals surface area (Å²) in [5.74, 6) is 0. The molecule has 0 saturated carbocycles. The summed E-state index contributed by atoms with van der Waals surface area (Å²) in [6.07, 6.45) is 11.0. The summed E-state index contributed by atoms with van der Waals surface area (Å²) in [6, 6.07) is 0. The minimum absolute atomic E-state index is 0. The second kappa shape index (κ2) is 43.2. The average molecular weight is 2130 g/mol. The molecule has 1 aliphatic heterocycles. The Morgan fingerprint density at radius 2 is 1.29 bits per heavy atom. The van der Waals surface area contributed by atoms with Crippen LogP contribution in [0, 0.1) is 218 Å². The predicted octanol–water partition coefficient (Wildman–Crippen LogP) is 2.62. The van der Waals surface area contributed by atoms with Gasteiger partial charge in [-0.05, 0) is 8.02 Å². The summed E-state index contributed by atoms with van der Waals surface area (Å²) in [4.78, 5) is 0. The van der Waals surface area contributed by atoms with Crippen LogP contribution in [0.3, 0.4) is 0 Å². The summed E-state index contributed by atoms with van der Waals surface area (Å²) in [6.45, 7) is 0. The second-order valence-electron chi connectivity index (χ2n) is 3.24. The van der Waals surface area contributed by atoms with Crippen molar-refractivity contribution < 1.29 is 222 Å². The van der Waals surface area contributed by atoms with E-state index in [1.165, 1.54) is 35.3 Å². The Labute approximate surface area is 321 Å². The molecule has 1 aliphatic rings. The first kappa shape index (κ1) is 52.3. The van der Waals surface area contributed by atoms with Crippen molar-refractivity contribution in [3.8, 4) is 0 Å². The first-order valence-corrected chi connectivity index (χ1v) is 12.8. The van der Waals surface area contributed by atoms with Gasteiger partial charge in [0.1, 0.15) is 0 Å². The molecule has 0 bridgehead atoms. The smallest absolute Gasteiger partial charge is 0 e. The zero-order valence-corrected chi connectivity index (χ0v) is 48.4. The van der Waals surface area contributed by atoms with E-state index in [0.29, 0.717) is 7.92 Å². The Hall–Kier alpha value is 9.22. The summed E-state index contributed by atoms with van der Waals surface area (Å²) < 4.78 is 10.8. The maximum atomic E-state index is 9.28. The van der Waals surface area contributed by atoms with Crippen LogP contribution in [0.2, 0.25) is 4.13 Å². The largest absolute Gasteiger partial charge is 0 e. The van der Waals surface area contributed by atoms with E-state index < -0.39 is 8.54 Å². The van der Waals surface area contributed by atoms with Crippen LogP contribution < -0.4 is 0 Å². The van der Waals surface area contributed by atoms with Gasteiger partial charge in [-0.1, -0.05) is 0 Å². The Bertz CT molecular complexity index is 235. The molecule has 0 aromatic heterocycles. The van der Waals surface area contributed by atoms with E-state index in [-0.39, 0.29) is 218 Å². The van der Waals surface area contributed by atoms with Crippen LogP contribution in [0.5, 0.6) is 0 Å². The van der Waals surface area contributed by atoms with Crippen LogP contribution in [-0.4, -0.2) is 47.4 Å². The van der Waals surface area contributed by atoms with Gasteiger partial charge in [0.15, 0.2) is 0 Å². The van der Waals surface area contributed by atoms with Gasteiger partial charge in [0.05, 0.1) is 8.54 Å². The van der Waals surface area contributed by atoms with E-state index in [9.17, 15) is 4.21 Å². The van der Waals surface area contributed by atoms with Crippen molar-refractivity contribution in [2.24, 2.45) is 0 Å². The SMILES string of the molecule is O=S(=P)=S.[BiH][CH2]CCCP1CCCC1.[U].[U].[U].[U].[U].[U].[U]. The van der Waals surface area contributed by atoms with Gasteiger partial charge in [0, 0.05) is 229 Å². The molecule has 0 unspecified atom stereocenters. The zero-order chi connectivity index (χ0) is 10.8. The molecule has 0 aromatic rings. The molecule has 0 N–H and O–H groups in total. The van der Waals surface area contributed by atoms with Crippen LogP contribution >= 0.6 is 15.9 Å². The molecule has 13 heteroatoms. The average Bonchev–Trinajstić information content (AvgIpc) is 2.56. The molecule has 0 atom stereocenters. The molecule has 1 rings (SSSR count). The molecule has 1 fully saturated rings. The van der Waals surface area contributed by atoms with Crippen molar-refractivity contribution in [2.45, 2.75) is 29.8 Å². The third-order valence-electron chi connectivity index (χ3n) is 2.10. The predicted molar refractivity (Wildman–Crippen MR) is 75.8 cm³/mol. The van der Waals surface area contributed by atoms with Crippen molar-refractivity contribution in [3.05, 3.63) is 0 Å². The third kappa shape index (κ3) is 48.1. The van der Waals surface area contributed by atoms with Gasteiger partial charge < -0.3 is 0 Å². The minimum Gasteiger partial charge on any atom is 0 e. The quantitative estimate of drug-likeness (QED) is 0.245. The first-order valence-electron chi connectivity index (χ1n) is 4.84. The molecular weight excluding hydrogens is 2110 g/mol. The fraction of sp³-hybridized carbons (Fsp3) is 1.00. The van der Waals surface area contributed by atoms with E-state index in [1.54, 1.807) is 37.7 Å². The van der Waals surface area contributed by atoms with Crippen LogP contribution in [0.4, 0.5) is 0 Å². The fourth-order valence-corrected chi connectivity index (χ4v) is 5.12. The standard InChI is InChI=1S/C8H16P.Bi.HOPS2.7U.H/c1-2-3-6-9-7-4-5-8-9;;1-4(2)3;;;;;;;;/h1-8H2;;2H;;;;;;;;. The second-order valence-corrected chi connectivity index (χ2v) is 11.2. The van der Waals surface area contributed by atoms with Gasteiger partial charge in [0.2, 0.25) is 0 Å². The summed E-state index contributed by atoms with van der Waals surface area (Å²) in [5, 5.41) is 0. The van der Waals surface area contributed by atoms with Crippen molar-refractivity contribution in [1.29, 1.82) is 0 Å². The fourth-order valence-electron chi connectivity index (χ4n) is 1.47. The van der Waals surface area contributed by atoms with Gasteiger partial charge in [-0.2, -0.15) is 0 Å². The third-order valence-corrected chi connectivity index (χ3v) is 6.32. The van der Waals surface area contributed by atoms with E-state index >= 15 is 0 Å². The van der Waals surface area contributed by atoms with Gasteiger partial charge >= 0.3 is 80.9 Å². The molecule has 1 radical (unpaired) electrons. The molecule has 0 amide bonds. The van der Waals surface area contributed by atoms with Crippen molar-refractivity contribution >= 4 is 60.4 Å². The monoisotopic (exact) mass is 2130 g/mol. The van der Waals surface area contributed by atoms with Crippen LogP contribution in [-0.2, 0) is 19.7 Å². The topological polar surface area (TPSA) is 17.1 Å². The molecule has 111 valence electrons. The zero-order valence-electron chi connectivity index (χ0n) is 11.8. The number of rotatable bonds is 4. The van der Waals surface area contributed by atoms with E-state index in [0.717, 1.165) is 0 Å². The normalized spacial score (nSPS) is 10.7. The van der Waals surface area contributed by atoms with Crippen molar-refractivity contribution in [3.63, 3.8) is 0 Å². The maximum absolute atomic E-state index is 9.28. The van der Waals surface area contributed by atoms with Gasteiger partial charge in [-0.15, -0.1) is 0 Å². The summed E-state index contributed by atoms with van der Waals surface area (Å²) >= 11 is 5.43. The van der Waals surface area contributed by atoms with E-state index in [4.69, 9.17) is 0 Å².